The number of rotatable bonds is 2. The summed E-state index contributed by atoms with van der Waals surface area (Å²) in [6.07, 6.45) is 3.28. The van der Waals surface area contributed by atoms with Crippen molar-refractivity contribution in [2.75, 3.05) is 5.32 Å². The van der Waals surface area contributed by atoms with Gasteiger partial charge in [0.2, 0.25) is 5.78 Å². The van der Waals surface area contributed by atoms with Crippen LogP contribution in [0.15, 0.2) is 41.5 Å². The van der Waals surface area contributed by atoms with E-state index >= 15 is 0 Å². The first-order chi connectivity index (χ1) is 10.0. The number of benzene rings is 1. The Hall–Kier alpha value is -2.69. The quantitative estimate of drug-likeness (QED) is 0.784. The van der Waals surface area contributed by atoms with Crippen molar-refractivity contribution in [3.63, 3.8) is 0 Å². The zero-order chi connectivity index (χ0) is 15.0. The van der Waals surface area contributed by atoms with E-state index in [9.17, 15) is 4.79 Å². The van der Waals surface area contributed by atoms with E-state index in [2.05, 4.69) is 34.3 Å². The molecule has 0 saturated carbocycles. The van der Waals surface area contributed by atoms with Gasteiger partial charge in [-0.3, -0.25) is 9.20 Å². The van der Waals surface area contributed by atoms with Crippen LogP contribution >= 0.6 is 0 Å². The largest absolute Gasteiger partial charge is 0.340 e. The maximum Gasteiger partial charge on any atom is 0.261 e. The van der Waals surface area contributed by atoms with Gasteiger partial charge in [-0.25, -0.2) is 4.98 Å². The standard InChI is InChI=1S/C16H16N4O/c1-10-7-11(2)15(12(3)8-10)18-13-9-14(21)20-6-4-5-17-16(20)19-13/h4-9,18H,1-3H3. The Labute approximate surface area is 122 Å². The van der Waals surface area contributed by atoms with Crippen LogP contribution in [0.4, 0.5) is 11.5 Å². The predicted octanol–water partition coefficient (Wildman–Crippen LogP) is 2.76. The second-order valence-electron chi connectivity index (χ2n) is 5.17. The topological polar surface area (TPSA) is 59.3 Å². The van der Waals surface area contributed by atoms with Crippen LogP contribution in [0.1, 0.15) is 16.7 Å². The van der Waals surface area contributed by atoms with Crippen molar-refractivity contribution in [1.29, 1.82) is 0 Å². The number of nitrogens with zero attached hydrogens (tertiary/aromatic N) is 3. The Balaban J connectivity index is 2.09. The summed E-state index contributed by atoms with van der Waals surface area (Å²) in [6.45, 7) is 6.14. The van der Waals surface area contributed by atoms with Crippen molar-refractivity contribution >= 4 is 17.3 Å². The molecular formula is C16H16N4O. The highest BCUT2D eigenvalue weighted by molar-refractivity contribution is 5.65. The Bertz CT molecular complexity index is 860. The van der Waals surface area contributed by atoms with Gasteiger partial charge in [0.05, 0.1) is 0 Å². The number of nitrogens with one attached hydrogen (secondary N) is 1. The molecule has 0 bridgehead atoms. The van der Waals surface area contributed by atoms with Crippen LogP contribution in [0.5, 0.6) is 0 Å². The average Bonchev–Trinajstić information content (AvgIpc) is 2.43. The minimum absolute atomic E-state index is 0.155. The highest BCUT2D eigenvalue weighted by Crippen LogP contribution is 2.24. The summed E-state index contributed by atoms with van der Waals surface area (Å²) in [6, 6.07) is 7.38. The highest BCUT2D eigenvalue weighted by atomic mass is 16.1. The van der Waals surface area contributed by atoms with Gasteiger partial charge in [0, 0.05) is 24.1 Å². The Morgan fingerprint density at radius 3 is 2.52 bits per heavy atom. The van der Waals surface area contributed by atoms with E-state index in [1.54, 1.807) is 18.5 Å². The summed E-state index contributed by atoms with van der Waals surface area (Å²) < 4.78 is 1.42. The molecule has 106 valence electrons. The van der Waals surface area contributed by atoms with E-state index in [1.807, 2.05) is 13.8 Å². The maximum absolute atomic E-state index is 12.1. The van der Waals surface area contributed by atoms with E-state index in [0.29, 0.717) is 11.6 Å². The van der Waals surface area contributed by atoms with Gasteiger partial charge in [-0.05, 0) is 38.0 Å². The van der Waals surface area contributed by atoms with Crippen LogP contribution in [0.2, 0.25) is 0 Å². The molecule has 5 nitrogen and oxygen atoms in total. The smallest absolute Gasteiger partial charge is 0.261 e. The molecule has 0 saturated heterocycles. The van der Waals surface area contributed by atoms with Crippen LogP contribution in [-0.4, -0.2) is 14.4 Å². The Morgan fingerprint density at radius 2 is 1.81 bits per heavy atom. The van der Waals surface area contributed by atoms with Gasteiger partial charge in [-0.2, -0.15) is 4.98 Å². The van der Waals surface area contributed by atoms with Gasteiger partial charge in [-0.15, -0.1) is 0 Å². The van der Waals surface area contributed by atoms with Gasteiger partial charge in [0.25, 0.3) is 5.56 Å². The third kappa shape index (κ3) is 2.50. The zero-order valence-electron chi connectivity index (χ0n) is 12.2. The van der Waals surface area contributed by atoms with Crippen molar-refractivity contribution in [2.24, 2.45) is 0 Å². The lowest BCUT2D eigenvalue weighted by atomic mass is 10.1. The van der Waals surface area contributed by atoms with E-state index < -0.39 is 0 Å². The highest BCUT2D eigenvalue weighted by Gasteiger charge is 2.07. The lowest BCUT2D eigenvalue weighted by molar-refractivity contribution is 0.998. The summed E-state index contributed by atoms with van der Waals surface area (Å²) in [7, 11) is 0. The number of aryl methyl sites for hydroxylation is 3. The minimum Gasteiger partial charge on any atom is -0.340 e. The summed E-state index contributed by atoms with van der Waals surface area (Å²) in [5.74, 6) is 0.892. The molecule has 5 heteroatoms. The van der Waals surface area contributed by atoms with Crippen molar-refractivity contribution in [2.45, 2.75) is 20.8 Å². The first-order valence-corrected chi connectivity index (χ1v) is 6.74. The molecule has 1 N–H and O–H groups in total. The fourth-order valence-corrected chi connectivity index (χ4v) is 2.51. The third-order valence-electron chi connectivity index (χ3n) is 3.37. The number of anilines is 2. The second kappa shape index (κ2) is 5.01. The van der Waals surface area contributed by atoms with Gasteiger partial charge in [0.1, 0.15) is 5.82 Å². The fraction of sp³-hybridized carbons (Fsp3) is 0.188. The molecule has 0 fully saturated rings. The Morgan fingerprint density at radius 1 is 1.10 bits per heavy atom. The summed E-state index contributed by atoms with van der Waals surface area (Å²) in [4.78, 5) is 20.5. The van der Waals surface area contributed by atoms with E-state index in [-0.39, 0.29) is 5.56 Å². The summed E-state index contributed by atoms with van der Waals surface area (Å²) in [5.41, 5.74) is 4.28. The van der Waals surface area contributed by atoms with Gasteiger partial charge in [0.15, 0.2) is 0 Å². The molecule has 3 rings (SSSR count). The first kappa shape index (κ1) is 13.3. The molecule has 0 atom stereocenters. The molecule has 0 spiro atoms. The summed E-state index contributed by atoms with van der Waals surface area (Å²) in [5, 5.41) is 3.24. The normalized spacial score (nSPS) is 10.8. The number of hydrogen-bond acceptors (Lipinski definition) is 4. The fourth-order valence-electron chi connectivity index (χ4n) is 2.51. The molecule has 2 heterocycles. The second-order valence-corrected chi connectivity index (χ2v) is 5.17. The van der Waals surface area contributed by atoms with E-state index in [1.165, 1.54) is 16.0 Å². The number of aromatic nitrogens is 3. The number of fused-ring (bicyclic) bond motifs is 1. The summed E-state index contributed by atoms with van der Waals surface area (Å²) >= 11 is 0. The van der Waals surface area contributed by atoms with Gasteiger partial charge in [-0.1, -0.05) is 17.7 Å². The molecule has 0 aliphatic carbocycles. The van der Waals surface area contributed by atoms with Crippen molar-refractivity contribution in [1.82, 2.24) is 14.4 Å². The molecular weight excluding hydrogens is 264 g/mol. The van der Waals surface area contributed by atoms with Crippen LogP contribution in [0.25, 0.3) is 5.78 Å². The van der Waals surface area contributed by atoms with Gasteiger partial charge >= 0.3 is 0 Å². The molecule has 3 aromatic rings. The zero-order valence-corrected chi connectivity index (χ0v) is 12.2. The Kier molecular flexibility index (Phi) is 3.17. The molecule has 0 unspecified atom stereocenters. The third-order valence-corrected chi connectivity index (χ3v) is 3.37. The first-order valence-electron chi connectivity index (χ1n) is 6.74. The molecule has 1 aromatic carbocycles. The van der Waals surface area contributed by atoms with Crippen molar-refractivity contribution in [3.05, 3.63) is 63.7 Å². The van der Waals surface area contributed by atoms with Crippen LogP contribution in [0, 0.1) is 20.8 Å². The van der Waals surface area contributed by atoms with E-state index in [4.69, 9.17) is 0 Å². The molecule has 0 amide bonds. The van der Waals surface area contributed by atoms with Crippen LogP contribution in [-0.2, 0) is 0 Å². The molecule has 0 aliphatic rings. The molecule has 2 aromatic heterocycles. The van der Waals surface area contributed by atoms with Crippen LogP contribution in [0.3, 0.4) is 0 Å². The molecule has 0 aliphatic heterocycles. The molecule has 0 radical (unpaired) electrons. The maximum atomic E-state index is 12.1. The lowest BCUT2D eigenvalue weighted by Crippen LogP contribution is -2.15. The van der Waals surface area contributed by atoms with Crippen molar-refractivity contribution in [3.8, 4) is 0 Å². The van der Waals surface area contributed by atoms with Crippen LogP contribution < -0.4 is 10.9 Å². The monoisotopic (exact) mass is 280 g/mol. The predicted molar refractivity (Wildman–Crippen MR) is 83.2 cm³/mol. The van der Waals surface area contributed by atoms with Crippen molar-refractivity contribution < 1.29 is 0 Å². The number of hydrogen-bond donors (Lipinski definition) is 1. The SMILES string of the molecule is Cc1cc(C)c(Nc2cc(=O)n3cccnc3n2)c(C)c1. The minimum atomic E-state index is -0.155. The molecule has 21 heavy (non-hydrogen) atoms. The lowest BCUT2D eigenvalue weighted by Gasteiger charge is -2.13. The van der Waals surface area contributed by atoms with Gasteiger partial charge < -0.3 is 5.32 Å². The average molecular weight is 280 g/mol. The van der Waals surface area contributed by atoms with E-state index in [0.717, 1.165) is 16.8 Å².